The van der Waals surface area contributed by atoms with E-state index >= 15 is 0 Å². The number of fused-ring (bicyclic) bond motifs is 1. The molecule has 0 fully saturated rings. The molecule has 0 bridgehead atoms. The van der Waals surface area contributed by atoms with Crippen molar-refractivity contribution in [2.24, 2.45) is 0 Å². The number of para-hydroxylation sites is 2. The highest BCUT2D eigenvalue weighted by molar-refractivity contribution is 7.12. The van der Waals surface area contributed by atoms with Gasteiger partial charge in [-0.2, -0.15) is 0 Å². The van der Waals surface area contributed by atoms with E-state index < -0.39 is 0 Å². The summed E-state index contributed by atoms with van der Waals surface area (Å²) in [5.74, 6) is 1.01. The van der Waals surface area contributed by atoms with Crippen molar-refractivity contribution in [1.82, 2.24) is 9.55 Å². The second-order valence-corrected chi connectivity index (χ2v) is 5.08. The van der Waals surface area contributed by atoms with Gasteiger partial charge >= 0.3 is 0 Å². The van der Waals surface area contributed by atoms with E-state index in [1.54, 1.807) is 0 Å². The van der Waals surface area contributed by atoms with Gasteiger partial charge in [-0.15, -0.1) is 11.3 Å². The largest absolute Gasteiger partial charge is 0.320 e. The highest BCUT2D eigenvalue weighted by Crippen LogP contribution is 2.17. The Balaban J connectivity index is 2.00. The minimum Gasteiger partial charge on any atom is -0.320 e. The van der Waals surface area contributed by atoms with Gasteiger partial charge in [0.05, 0.1) is 22.5 Å². The summed E-state index contributed by atoms with van der Waals surface area (Å²) in [6.07, 6.45) is 0. The molecule has 0 aliphatic heterocycles. The van der Waals surface area contributed by atoms with Gasteiger partial charge in [0, 0.05) is 0 Å². The lowest BCUT2D eigenvalue weighted by molar-refractivity contribution is 0.0976. The molecule has 0 atom stereocenters. The molecule has 0 unspecified atom stereocenters. The molecule has 0 spiro atoms. The molecule has 2 heterocycles. The monoisotopic (exact) mass is 256 g/mol. The van der Waals surface area contributed by atoms with Crippen LogP contribution in [0.5, 0.6) is 0 Å². The van der Waals surface area contributed by atoms with E-state index in [4.69, 9.17) is 0 Å². The summed E-state index contributed by atoms with van der Waals surface area (Å²) in [6.45, 7) is 2.29. The van der Waals surface area contributed by atoms with Crippen molar-refractivity contribution in [3.8, 4) is 0 Å². The number of thiophene rings is 1. The Morgan fingerprint density at radius 2 is 2.11 bits per heavy atom. The molecule has 0 saturated carbocycles. The smallest absolute Gasteiger partial charge is 0.192 e. The fourth-order valence-corrected chi connectivity index (χ4v) is 2.71. The molecule has 0 saturated heterocycles. The van der Waals surface area contributed by atoms with Crippen LogP contribution in [-0.2, 0) is 6.54 Å². The first kappa shape index (κ1) is 11.2. The van der Waals surface area contributed by atoms with Crippen molar-refractivity contribution in [3.05, 3.63) is 52.5 Å². The lowest BCUT2D eigenvalue weighted by Crippen LogP contribution is -2.10. The zero-order valence-electron chi connectivity index (χ0n) is 9.96. The zero-order valence-corrected chi connectivity index (χ0v) is 10.8. The van der Waals surface area contributed by atoms with Gasteiger partial charge < -0.3 is 4.57 Å². The van der Waals surface area contributed by atoms with E-state index in [0.717, 1.165) is 21.7 Å². The normalized spacial score (nSPS) is 10.9. The van der Waals surface area contributed by atoms with Crippen LogP contribution < -0.4 is 0 Å². The number of imidazole rings is 1. The topological polar surface area (TPSA) is 34.9 Å². The van der Waals surface area contributed by atoms with Gasteiger partial charge in [-0.25, -0.2) is 4.98 Å². The number of carbonyl (C=O) groups excluding carboxylic acids is 1. The molecule has 3 rings (SSSR count). The molecule has 3 nitrogen and oxygen atoms in total. The summed E-state index contributed by atoms with van der Waals surface area (Å²) < 4.78 is 1.97. The average Bonchev–Trinajstić information content (AvgIpc) is 2.98. The lowest BCUT2D eigenvalue weighted by Gasteiger charge is -2.04. The Labute approximate surface area is 109 Å². The van der Waals surface area contributed by atoms with E-state index in [9.17, 15) is 4.79 Å². The Morgan fingerprint density at radius 1 is 1.28 bits per heavy atom. The predicted molar refractivity (Wildman–Crippen MR) is 73.1 cm³/mol. The summed E-state index contributed by atoms with van der Waals surface area (Å²) in [7, 11) is 0. The number of hydrogen-bond donors (Lipinski definition) is 0. The summed E-state index contributed by atoms with van der Waals surface area (Å²) >= 11 is 1.48. The second-order valence-electron chi connectivity index (χ2n) is 4.13. The van der Waals surface area contributed by atoms with E-state index in [-0.39, 0.29) is 5.78 Å². The SMILES string of the molecule is Cc1nc2ccccc2n1CC(=O)c1cccs1. The van der Waals surface area contributed by atoms with Crippen LogP contribution in [-0.4, -0.2) is 15.3 Å². The third kappa shape index (κ3) is 1.84. The summed E-state index contributed by atoms with van der Waals surface area (Å²) in [5.41, 5.74) is 1.95. The summed E-state index contributed by atoms with van der Waals surface area (Å²) in [5, 5.41) is 1.92. The van der Waals surface area contributed by atoms with Gasteiger partial charge in [0.25, 0.3) is 0 Å². The number of hydrogen-bond acceptors (Lipinski definition) is 3. The van der Waals surface area contributed by atoms with Crippen LogP contribution in [0, 0.1) is 6.92 Å². The molecule has 1 aromatic carbocycles. The van der Waals surface area contributed by atoms with Gasteiger partial charge in [0.15, 0.2) is 5.78 Å². The number of benzene rings is 1. The van der Waals surface area contributed by atoms with Crippen molar-refractivity contribution in [2.45, 2.75) is 13.5 Å². The zero-order chi connectivity index (χ0) is 12.5. The molecule has 90 valence electrons. The van der Waals surface area contributed by atoms with Crippen LogP contribution in [0.25, 0.3) is 11.0 Å². The van der Waals surface area contributed by atoms with Crippen molar-refractivity contribution in [3.63, 3.8) is 0 Å². The maximum absolute atomic E-state index is 12.1. The molecule has 0 aliphatic carbocycles. The van der Waals surface area contributed by atoms with E-state index in [2.05, 4.69) is 4.98 Å². The van der Waals surface area contributed by atoms with Crippen molar-refractivity contribution in [1.29, 1.82) is 0 Å². The summed E-state index contributed by atoms with van der Waals surface area (Å²) in [4.78, 5) is 17.4. The number of aromatic nitrogens is 2. The van der Waals surface area contributed by atoms with E-state index in [1.807, 2.05) is 53.3 Å². The van der Waals surface area contributed by atoms with Crippen molar-refractivity contribution < 1.29 is 4.79 Å². The third-order valence-corrected chi connectivity index (χ3v) is 3.85. The molecule has 0 amide bonds. The Bertz CT molecular complexity index is 698. The molecular formula is C14H12N2OS. The van der Waals surface area contributed by atoms with Crippen LogP contribution in [0.3, 0.4) is 0 Å². The molecule has 18 heavy (non-hydrogen) atoms. The number of carbonyl (C=O) groups is 1. The van der Waals surface area contributed by atoms with Crippen molar-refractivity contribution in [2.75, 3.05) is 0 Å². The van der Waals surface area contributed by atoms with Crippen LogP contribution in [0.4, 0.5) is 0 Å². The molecule has 0 radical (unpaired) electrons. The maximum Gasteiger partial charge on any atom is 0.192 e. The molecule has 3 aromatic rings. The highest BCUT2D eigenvalue weighted by Gasteiger charge is 2.12. The van der Waals surface area contributed by atoms with Crippen molar-refractivity contribution >= 4 is 28.2 Å². The molecular weight excluding hydrogens is 244 g/mol. The van der Waals surface area contributed by atoms with Gasteiger partial charge in [-0.3, -0.25) is 4.79 Å². The first-order valence-corrected chi connectivity index (χ1v) is 6.62. The first-order valence-electron chi connectivity index (χ1n) is 5.74. The van der Waals surface area contributed by atoms with Gasteiger partial charge in [-0.05, 0) is 30.5 Å². The molecule has 2 aromatic heterocycles. The maximum atomic E-state index is 12.1. The fraction of sp³-hybridized carbons (Fsp3) is 0.143. The van der Waals surface area contributed by atoms with Gasteiger partial charge in [0.2, 0.25) is 0 Å². The number of rotatable bonds is 3. The minimum atomic E-state index is 0.135. The fourth-order valence-electron chi connectivity index (χ4n) is 2.05. The number of ketones is 1. The lowest BCUT2D eigenvalue weighted by atomic mass is 10.3. The van der Waals surface area contributed by atoms with Crippen LogP contribution in [0.2, 0.25) is 0 Å². The van der Waals surface area contributed by atoms with Gasteiger partial charge in [-0.1, -0.05) is 18.2 Å². The minimum absolute atomic E-state index is 0.135. The number of aryl methyl sites for hydroxylation is 1. The van der Waals surface area contributed by atoms with Crippen LogP contribution in [0.15, 0.2) is 41.8 Å². The van der Waals surface area contributed by atoms with Crippen LogP contribution >= 0.6 is 11.3 Å². The number of Topliss-reactive ketones (excluding diaryl/α,β-unsaturated/α-hetero) is 1. The highest BCUT2D eigenvalue weighted by atomic mass is 32.1. The Kier molecular flexibility index (Phi) is 2.72. The molecule has 4 heteroatoms. The second kappa shape index (κ2) is 4.38. The average molecular weight is 256 g/mol. The Hall–Kier alpha value is -1.94. The quantitative estimate of drug-likeness (QED) is 0.674. The van der Waals surface area contributed by atoms with E-state index in [1.165, 1.54) is 11.3 Å². The first-order chi connectivity index (χ1) is 8.75. The predicted octanol–water partition coefficient (Wildman–Crippen LogP) is 3.29. The van der Waals surface area contributed by atoms with Gasteiger partial charge in [0.1, 0.15) is 5.82 Å². The summed E-state index contributed by atoms with van der Waals surface area (Å²) in [6, 6.07) is 11.7. The standard InChI is InChI=1S/C14H12N2OS/c1-10-15-11-5-2-3-6-12(11)16(10)9-13(17)14-7-4-8-18-14/h2-8H,9H2,1H3. The van der Waals surface area contributed by atoms with E-state index in [0.29, 0.717) is 6.54 Å². The third-order valence-electron chi connectivity index (χ3n) is 2.94. The molecule has 0 aliphatic rings. The Morgan fingerprint density at radius 3 is 2.89 bits per heavy atom. The molecule has 0 N–H and O–H groups in total. The number of nitrogens with zero attached hydrogens (tertiary/aromatic N) is 2. The van der Waals surface area contributed by atoms with Crippen LogP contribution in [0.1, 0.15) is 15.5 Å².